The highest BCUT2D eigenvalue weighted by molar-refractivity contribution is 5.85. The second-order valence-electron chi connectivity index (χ2n) is 3.01. The standard InChI is InChI=1S/C6H8N2.C6H6O.2ClH/c7-5-2-1-3-6(8)4-5;7-6-4-2-1-3-5-6;;/h1-4H,7-8H2;1-5,7H;2*1H. The fraction of sp³-hybridized carbons (Fsp3) is 0. The van der Waals surface area contributed by atoms with E-state index < -0.39 is 0 Å². The molecule has 0 saturated carbocycles. The van der Waals surface area contributed by atoms with Crippen LogP contribution in [-0.2, 0) is 0 Å². The first-order valence-electron chi connectivity index (χ1n) is 4.53. The van der Waals surface area contributed by atoms with Crippen molar-refractivity contribution in [2.75, 3.05) is 11.5 Å². The lowest BCUT2D eigenvalue weighted by Gasteiger charge is -1.91. The molecule has 5 heteroatoms. The van der Waals surface area contributed by atoms with E-state index in [1.165, 1.54) is 0 Å². The Bertz CT molecular complexity index is 393. The molecule has 0 spiro atoms. The second kappa shape index (κ2) is 9.63. The maximum absolute atomic E-state index is 8.63. The third-order valence-electron chi connectivity index (χ3n) is 1.67. The summed E-state index contributed by atoms with van der Waals surface area (Å²) in [6, 6.07) is 15.9. The van der Waals surface area contributed by atoms with Gasteiger partial charge in [-0.1, -0.05) is 24.3 Å². The summed E-state index contributed by atoms with van der Waals surface area (Å²) in [6.45, 7) is 0. The van der Waals surface area contributed by atoms with Crippen molar-refractivity contribution in [2.24, 2.45) is 0 Å². The Morgan fingerprint density at radius 3 is 1.41 bits per heavy atom. The van der Waals surface area contributed by atoms with Gasteiger partial charge in [0.1, 0.15) is 5.75 Å². The number of benzene rings is 2. The molecule has 94 valence electrons. The Morgan fingerprint density at radius 1 is 0.706 bits per heavy atom. The molecule has 0 bridgehead atoms. The van der Waals surface area contributed by atoms with E-state index in [4.69, 9.17) is 16.6 Å². The van der Waals surface area contributed by atoms with Gasteiger partial charge in [0, 0.05) is 11.4 Å². The minimum Gasteiger partial charge on any atom is -0.508 e. The molecular formula is C12H16Cl2N2O. The summed E-state index contributed by atoms with van der Waals surface area (Å²) < 4.78 is 0. The van der Waals surface area contributed by atoms with Crippen molar-refractivity contribution >= 4 is 36.2 Å². The van der Waals surface area contributed by atoms with Gasteiger partial charge < -0.3 is 16.6 Å². The molecule has 0 aliphatic carbocycles. The van der Waals surface area contributed by atoms with Crippen LogP contribution < -0.4 is 11.5 Å². The van der Waals surface area contributed by atoms with Gasteiger partial charge in [0.2, 0.25) is 0 Å². The molecule has 2 aromatic rings. The van der Waals surface area contributed by atoms with Gasteiger partial charge in [-0.2, -0.15) is 0 Å². The second-order valence-corrected chi connectivity index (χ2v) is 3.01. The third kappa shape index (κ3) is 8.25. The first-order valence-corrected chi connectivity index (χ1v) is 4.53. The molecule has 5 N–H and O–H groups in total. The summed E-state index contributed by atoms with van der Waals surface area (Å²) in [5, 5.41) is 8.63. The summed E-state index contributed by atoms with van der Waals surface area (Å²) in [4.78, 5) is 0. The Labute approximate surface area is 113 Å². The molecule has 0 radical (unpaired) electrons. The highest BCUT2D eigenvalue weighted by Crippen LogP contribution is 2.06. The van der Waals surface area contributed by atoms with Crippen molar-refractivity contribution in [3.8, 4) is 5.75 Å². The van der Waals surface area contributed by atoms with Crippen molar-refractivity contribution in [2.45, 2.75) is 0 Å². The van der Waals surface area contributed by atoms with E-state index in [0.717, 1.165) is 0 Å². The number of hydrogen-bond donors (Lipinski definition) is 3. The quantitative estimate of drug-likeness (QED) is 0.647. The number of para-hydroxylation sites is 1. The number of hydrogen-bond acceptors (Lipinski definition) is 3. The van der Waals surface area contributed by atoms with Crippen LogP contribution in [0.4, 0.5) is 11.4 Å². The largest absolute Gasteiger partial charge is 0.508 e. The fourth-order valence-corrected chi connectivity index (χ4v) is 0.987. The van der Waals surface area contributed by atoms with Crippen molar-refractivity contribution < 1.29 is 5.11 Å². The van der Waals surface area contributed by atoms with Gasteiger partial charge in [0.25, 0.3) is 0 Å². The first-order chi connectivity index (χ1) is 7.18. The summed E-state index contributed by atoms with van der Waals surface area (Å²) in [5.41, 5.74) is 12.2. The Kier molecular flexibility index (Phi) is 10.1. The number of nitrogens with two attached hydrogens (primary N) is 2. The number of anilines is 2. The number of nitrogen functional groups attached to an aromatic ring is 2. The molecule has 3 nitrogen and oxygen atoms in total. The SMILES string of the molecule is Cl.Cl.Nc1cccc(N)c1.Oc1ccccc1. The normalized spacial score (nSPS) is 7.76. The maximum atomic E-state index is 8.63. The third-order valence-corrected chi connectivity index (χ3v) is 1.67. The minimum atomic E-state index is 0. The number of aromatic hydroxyl groups is 1. The molecular weight excluding hydrogens is 259 g/mol. The van der Waals surface area contributed by atoms with Crippen LogP contribution >= 0.6 is 24.8 Å². The van der Waals surface area contributed by atoms with E-state index in [1.807, 2.05) is 12.1 Å². The molecule has 0 unspecified atom stereocenters. The smallest absolute Gasteiger partial charge is 0.115 e. The predicted octanol–water partition coefficient (Wildman–Crippen LogP) is 3.09. The molecule has 0 aromatic heterocycles. The summed E-state index contributed by atoms with van der Waals surface area (Å²) in [5.74, 6) is 0.322. The van der Waals surface area contributed by atoms with Gasteiger partial charge in [-0.3, -0.25) is 0 Å². The lowest BCUT2D eigenvalue weighted by Crippen LogP contribution is -1.87. The van der Waals surface area contributed by atoms with Crippen LogP contribution in [-0.4, -0.2) is 5.11 Å². The summed E-state index contributed by atoms with van der Waals surface area (Å²) >= 11 is 0. The lowest BCUT2D eigenvalue weighted by molar-refractivity contribution is 0.475. The highest BCUT2D eigenvalue weighted by atomic mass is 35.5. The van der Waals surface area contributed by atoms with Crippen molar-refractivity contribution in [3.63, 3.8) is 0 Å². The molecule has 0 atom stereocenters. The van der Waals surface area contributed by atoms with E-state index in [9.17, 15) is 0 Å². The van der Waals surface area contributed by atoms with Crippen LogP contribution in [0.15, 0.2) is 54.6 Å². The van der Waals surface area contributed by atoms with Gasteiger partial charge >= 0.3 is 0 Å². The molecule has 17 heavy (non-hydrogen) atoms. The zero-order valence-corrected chi connectivity index (χ0v) is 10.7. The Morgan fingerprint density at radius 2 is 1.18 bits per heavy atom. The first kappa shape index (κ1) is 17.8. The van der Waals surface area contributed by atoms with Crippen LogP contribution in [0.2, 0.25) is 0 Å². The van der Waals surface area contributed by atoms with Gasteiger partial charge in [0.05, 0.1) is 0 Å². The van der Waals surface area contributed by atoms with Crippen molar-refractivity contribution in [1.29, 1.82) is 0 Å². The van der Waals surface area contributed by atoms with Crippen LogP contribution in [0.25, 0.3) is 0 Å². The van der Waals surface area contributed by atoms with Crippen LogP contribution in [0.1, 0.15) is 0 Å². The van der Waals surface area contributed by atoms with E-state index in [-0.39, 0.29) is 24.8 Å². The van der Waals surface area contributed by atoms with E-state index >= 15 is 0 Å². The van der Waals surface area contributed by atoms with Gasteiger partial charge in [-0.15, -0.1) is 24.8 Å². The number of halogens is 2. The fourth-order valence-electron chi connectivity index (χ4n) is 0.987. The molecule has 0 heterocycles. The predicted molar refractivity (Wildman–Crippen MR) is 77.9 cm³/mol. The molecule has 0 amide bonds. The molecule has 0 saturated heterocycles. The van der Waals surface area contributed by atoms with E-state index in [1.54, 1.807) is 42.5 Å². The summed E-state index contributed by atoms with van der Waals surface area (Å²) in [7, 11) is 0. The van der Waals surface area contributed by atoms with Crippen LogP contribution in [0.3, 0.4) is 0 Å². The van der Waals surface area contributed by atoms with Crippen molar-refractivity contribution in [3.05, 3.63) is 54.6 Å². The average Bonchev–Trinajstić information content (AvgIpc) is 2.19. The van der Waals surface area contributed by atoms with E-state index in [2.05, 4.69) is 0 Å². The minimum absolute atomic E-state index is 0. The Hall–Kier alpha value is -1.58. The number of phenols is 1. The molecule has 0 aliphatic heterocycles. The lowest BCUT2D eigenvalue weighted by atomic mass is 10.3. The highest BCUT2D eigenvalue weighted by Gasteiger charge is 1.81. The van der Waals surface area contributed by atoms with Crippen LogP contribution in [0, 0.1) is 0 Å². The molecule has 2 aromatic carbocycles. The number of rotatable bonds is 0. The van der Waals surface area contributed by atoms with Gasteiger partial charge in [-0.05, 0) is 30.3 Å². The zero-order chi connectivity index (χ0) is 11.1. The topological polar surface area (TPSA) is 72.3 Å². The average molecular weight is 275 g/mol. The Balaban J connectivity index is 0. The van der Waals surface area contributed by atoms with Gasteiger partial charge in [-0.25, -0.2) is 0 Å². The molecule has 2 rings (SSSR count). The van der Waals surface area contributed by atoms with Crippen molar-refractivity contribution in [1.82, 2.24) is 0 Å². The zero-order valence-electron chi connectivity index (χ0n) is 9.11. The van der Waals surface area contributed by atoms with E-state index in [0.29, 0.717) is 17.1 Å². The molecule has 0 aliphatic rings. The maximum Gasteiger partial charge on any atom is 0.115 e. The monoisotopic (exact) mass is 274 g/mol. The molecule has 0 fully saturated rings. The number of phenolic OH excluding ortho intramolecular Hbond substituents is 1. The summed E-state index contributed by atoms with van der Waals surface area (Å²) in [6.07, 6.45) is 0. The van der Waals surface area contributed by atoms with Gasteiger partial charge in [0.15, 0.2) is 0 Å². The van der Waals surface area contributed by atoms with Crippen LogP contribution in [0.5, 0.6) is 5.75 Å².